The minimum absolute atomic E-state index is 0.192. The number of aromatic nitrogens is 4. The van der Waals surface area contributed by atoms with Gasteiger partial charge < -0.3 is 20.7 Å². The van der Waals surface area contributed by atoms with Gasteiger partial charge in [-0.05, 0) is 43.5 Å². The lowest BCUT2D eigenvalue weighted by Crippen LogP contribution is -2.41. The number of halogens is 4. The number of urea groups is 1. The van der Waals surface area contributed by atoms with Crippen molar-refractivity contribution in [2.24, 2.45) is 0 Å². The highest BCUT2D eigenvalue weighted by atomic mass is 35.5. The van der Waals surface area contributed by atoms with Crippen LogP contribution < -0.4 is 15.8 Å². The zero-order chi connectivity index (χ0) is 25.7. The van der Waals surface area contributed by atoms with Crippen LogP contribution in [0.1, 0.15) is 37.1 Å². The Hall–Kier alpha value is -3.54. The number of aryl methyl sites for hydroxylation is 1. The molecular weight excluding hydrogens is 499 g/mol. The summed E-state index contributed by atoms with van der Waals surface area (Å²) in [6, 6.07) is 4.31. The van der Waals surface area contributed by atoms with Gasteiger partial charge in [-0.2, -0.15) is 5.10 Å². The van der Waals surface area contributed by atoms with Crippen LogP contribution in [0.25, 0.3) is 11.3 Å². The largest absolute Gasteiger partial charge is 0.573 e. The van der Waals surface area contributed by atoms with E-state index in [0.29, 0.717) is 35.9 Å². The maximum absolute atomic E-state index is 13.0. The third kappa shape index (κ3) is 4.52. The Morgan fingerprint density at radius 1 is 1.28 bits per heavy atom. The molecule has 0 bridgehead atoms. The van der Waals surface area contributed by atoms with Gasteiger partial charge in [0.05, 0.1) is 16.8 Å². The van der Waals surface area contributed by atoms with Crippen molar-refractivity contribution in [3.05, 3.63) is 53.1 Å². The van der Waals surface area contributed by atoms with Gasteiger partial charge in [-0.15, -0.1) is 13.2 Å². The monoisotopic (exact) mass is 521 g/mol. The minimum Gasteiger partial charge on any atom is -0.402 e. The van der Waals surface area contributed by atoms with Crippen molar-refractivity contribution < 1.29 is 22.7 Å². The number of hydrogen-bond acceptors (Lipinski definition) is 6. The Labute approximate surface area is 209 Å². The first-order valence-electron chi connectivity index (χ1n) is 11.3. The van der Waals surface area contributed by atoms with Gasteiger partial charge in [-0.3, -0.25) is 9.67 Å². The molecule has 5 rings (SSSR count). The fourth-order valence-electron chi connectivity index (χ4n) is 4.96. The van der Waals surface area contributed by atoms with E-state index in [1.165, 1.54) is 18.5 Å². The van der Waals surface area contributed by atoms with Gasteiger partial charge in [0.15, 0.2) is 11.6 Å². The van der Waals surface area contributed by atoms with Gasteiger partial charge in [0, 0.05) is 54.9 Å². The number of amides is 2. The lowest BCUT2D eigenvalue weighted by molar-refractivity contribution is -0.274. The molecule has 2 atom stereocenters. The van der Waals surface area contributed by atoms with Crippen LogP contribution in [0.15, 0.2) is 36.8 Å². The van der Waals surface area contributed by atoms with E-state index in [0.717, 1.165) is 24.1 Å². The van der Waals surface area contributed by atoms with Gasteiger partial charge in [0.2, 0.25) is 0 Å². The van der Waals surface area contributed by atoms with Crippen LogP contribution in [0, 0.1) is 0 Å². The number of ether oxygens (including phenoxy) is 1. The number of hydrogen-bond donors (Lipinski definition) is 2. The molecule has 1 saturated heterocycles. The van der Waals surface area contributed by atoms with Crippen molar-refractivity contribution >= 4 is 23.4 Å². The molecule has 36 heavy (non-hydrogen) atoms. The Morgan fingerprint density at radius 3 is 2.81 bits per heavy atom. The third-order valence-electron chi connectivity index (χ3n) is 6.78. The van der Waals surface area contributed by atoms with E-state index in [-0.39, 0.29) is 23.3 Å². The number of rotatable bonds is 4. The van der Waals surface area contributed by atoms with E-state index in [1.807, 2.05) is 17.7 Å². The molecule has 3 aromatic rings. The number of nitrogens with one attached hydrogen (secondary N) is 1. The Morgan fingerprint density at radius 2 is 2.06 bits per heavy atom. The minimum atomic E-state index is -4.89. The fraction of sp³-hybridized carbons (Fsp3) is 0.391. The normalized spacial score (nSPS) is 20.0. The van der Waals surface area contributed by atoms with E-state index < -0.39 is 12.1 Å². The Balaban J connectivity index is 1.32. The van der Waals surface area contributed by atoms with Crippen LogP contribution in [-0.4, -0.2) is 50.1 Å². The molecule has 0 aromatic carbocycles. The highest BCUT2D eigenvalue weighted by Crippen LogP contribution is 2.44. The zero-order valence-corrected chi connectivity index (χ0v) is 20.0. The van der Waals surface area contributed by atoms with Gasteiger partial charge >= 0.3 is 12.4 Å². The number of nitrogens with two attached hydrogens (primary N) is 1. The number of nitrogen functional groups attached to an aromatic ring is 1. The second-order valence-corrected chi connectivity index (χ2v) is 9.47. The summed E-state index contributed by atoms with van der Waals surface area (Å²) in [4.78, 5) is 22.6. The summed E-state index contributed by atoms with van der Waals surface area (Å²) in [5, 5.41) is 8.05. The molecule has 1 fully saturated rings. The molecule has 3 aromatic heterocycles. The third-order valence-corrected chi connectivity index (χ3v) is 7.10. The summed E-state index contributed by atoms with van der Waals surface area (Å²) < 4.78 is 44.0. The Kier molecular flexibility index (Phi) is 5.93. The van der Waals surface area contributed by atoms with Crippen molar-refractivity contribution in [2.75, 3.05) is 18.8 Å². The van der Waals surface area contributed by atoms with Crippen molar-refractivity contribution in [1.29, 1.82) is 0 Å². The average Bonchev–Trinajstić information content (AvgIpc) is 3.51. The van der Waals surface area contributed by atoms with E-state index >= 15 is 0 Å². The van der Waals surface area contributed by atoms with Gasteiger partial charge in [-0.25, -0.2) is 9.78 Å². The van der Waals surface area contributed by atoms with E-state index in [1.54, 1.807) is 17.2 Å². The van der Waals surface area contributed by atoms with E-state index in [9.17, 15) is 18.0 Å². The molecule has 0 saturated carbocycles. The molecule has 5 heterocycles. The molecule has 1 spiro atoms. The quantitative estimate of drug-likeness (QED) is 0.530. The van der Waals surface area contributed by atoms with Crippen LogP contribution in [0.2, 0.25) is 5.02 Å². The number of likely N-dealkylation sites (tertiary alicyclic amines) is 1. The molecule has 2 aliphatic heterocycles. The molecule has 3 N–H and O–H groups in total. The number of pyridine rings is 2. The molecule has 190 valence electrons. The number of anilines is 1. The summed E-state index contributed by atoms with van der Waals surface area (Å²) >= 11 is 6.21. The average molecular weight is 522 g/mol. The molecule has 9 nitrogen and oxygen atoms in total. The molecule has 2 amide bonds. The van der Waals surface area contributed by atoms with Crippen LogP contribution >= 0.6 is 11.6 Å². The molecule has 13 heteroatoms. The van der Waals surface area contributed by atoms with Gasteiger partial charge in [0.1, 0.15) is 0 Å². The van der Waals surface area contributed by atoms with Crippen molar-refractivity contribution in [3.63, 3.8) is 0 Å². The molecule has 2 aliphatic rings. The van der Waals surface area contributed by atoms with Crippen LogP contribution in [0.3, 0.4) is 0 Å². The van der Waals surface area contributed by atoms with E-state index in [4.69, 9.17) is 17.3 Å². The van der Waals surface area contributed by atoms with Crippen LogP contribution in [-0.2, 0) is 12.0 Å². The number of carbonyl (C=O) groups is 1. The van der Waals surface area contributed by atoms with Crippen molar-refractivity contribution in [3.8, 4) is 17.0 Å². The topological polar surface area (TPSA) is 111 Å². The lowest BCUT2D eigenvalue weighted by atomic mass is 9.82. The first-order valence-corrected chi connectivity index (χ1v) is 11.7. The van der Waals surface area contributed by atoms with Gasteiger partial charge in [0.25, 0.3) is 0 Å². The second-order valence-electron chi connectivity index (χ2n) is 9.06. The summed E-state index contributed by atoms with van der Waals surface area (Å²) in [7, 11) is 0. The van der Waals surface area contributed by atoms with Crippen molar-refractivity contribution in [2.45, 2.75) is 44.1 Å². The SMILES string of the molecule is C[C@H](NC(=O)N1CCC2(CCn3nc(-c4cnc(N)c(OC(F)(F)F)c4)cc32)C1)c1ccncc1Cl. The zero-order valence-electron chi connectivity index (χ0n) is 19.2. The number of fused-ring (bicyclic) bond motifs is 2. The first kappa shape index (κ1) is 24.2. The summed E-state index contributed by atoms with van der Waals surface area (Å²) in [6.07, 6.45) is 1.20. The number of carbonyl (C=O) groups excluding carboxylic acids is 1. The smallest absolute Gasteiger partial charge is 0.402 e. The first-order chi connectivity index (χ1) is 17.0. The maximum Gasteiger partial charge on any atom is 0.573 e. The van der Waals surface area contributed by atoms with Gasteiger partial charge in [-0.1, -0.05) is 11.6 Å². The maximum atomic E-state index is 13.0. The number of alkyl halides is 3. The highest BCUT2D eigenvalue weighted by molar-refractivity contribution is 6.31. The lowest BCUT2D eigenvalue weighted by Gasteiger charge is -2.25. The van der Waals surface area contributed by atoms with Crippen LogP contribution in [0.4, 0.5) is 23.8 Å². The Bertz CT molecular complexity index is 1320. The standard InChI is InChI=1S/C23H23ClF3N7O2/c1-13(15-2-5-29-11-16(15)24)31-21(35)33-6-3-22(12-33)4-7-34-19(22)9-17(32-34)14-8-18(20(28)30-10-14)36-23(25,26)27/h2,5,8-11,13H,3-4,6-7,12H2,1H3,(H2,28,30)(H,31,35)/t13-,22?/m0/s1. The highest BCUT2D eigenvalue weighted by Gasteiger charge is 2.47. The molecule has 1 unspecified atom stereocenters. The predicted molar refractivity (Wildman–Crippen MR) is 125 cm³/mol. The molecular formula is C23H23ClF3N7O2. The molecule has 0 aliphatic carbocycles. The van der Waals surface area contributed by atoms with Crippen molar-refractivity contribution in [1.82, 2.24) is 30.0 Å². The summed E-state index contributed by atoms with van der Waals surface area (Å²) in [5.74, 6) is -0.936. The summed E-state index contributed by atoms with van der Waals surface area (Å²) in [6.45, 7) is 3.57. The predicted octanol–water partition coefficient (Wildman–Crippen LogP) is 4.29. The van der Waals surface area contributed by atoms with Crippen LogP contribution in [0.5, 0.6) is 5.75 Å². The van der Waals surface area contributed by atoms with E-state index in [2.05, 4.69) is 25.1 Å². The summed E-state index contributed by atoms with van der Waals surface area (Å²) in [5.41, 5.74) is 7.81. The molecule has 0 radical (unpaired) electrons. The fourth-order valence-corrected chi connectivity index (χ4v) is 5.24. The number of nitrogens with zero attached hydrogens (tertiary/aromatic N) is 5. The second kappa shape index (κ2) is 8.84.